The van der Waals surface area contributed by atoms with Crippen molar-refractivity contribution in [1.82, 2.24) is 14.5 Å². The van der Waals surface area contributed by atoms with Gasteiger partial charge in [0.25, 0.3) is 0 Å². The van der Waals surface area contributed by atoms with E-state index in [1.807, 2.05) is 24.3 Å². The lowest BCUT2D eigenvalue weighted by Gasteiger charge is -2.33. The van der Waals surface area contributed by atoms with E-state index in [2.05, 4.69) is 24.1 Å². The highest BCUT2D eigenvalue weighted by Crippen LogP contribution is 2.26. The molecule has 1 aliphatic heterocycles. The van der Waals surface area contributed by atoms with Crippen LogP contribution in [0, 0.1) is 11.7 Å². The number of piperidine rings is 1. The lowest BCUT2D eigenvalue weighted by atomic mass is 9.98. The molecule has 0 aliphatic carbocycles. The van der Waals surface area contributed by atoms with Crippen molar-refractivity contribution in [3.8, 4) is 5.75 Å². The Kier molecular flexibility index (Phi) is 9.04. The van der Waals surface area contributed by atoms with E-state index in [0.717, 1.165) is 36.5 Å². The Bertz CT molecular complexity index is 1060. The van der Waals surface area contributed by atoms with Crippen LogP contribution in [0.2, 0.25) is 0 Å². The summed E-state index contributed by atoms with van der Waals surface area (Å²) in [6, 6.07) is 12.6. The number of hydrogen-bond donors (Lipinski definition) is 1. The number of hydrogen-bond acceptors (Lipinski definition) is 5. The number of nitrogens with zero attached hydrogens (tertiary/aromatic N) is 2. The third-order valence-corrected chi connectivity index (χ3v) is 8.29. The summed E-state index contributed by atoms with van der Waals surface area (Å²) in [5, 5.41) is 3.06. The molecule has 34 heavy (non-hydrogen) atoms. The van der Waals surface area contributed by atoms with Crippen molar-refractivity contribution in [3.63, 3.8) is 0 Å². The molecule has 0 bridgehead atoms. The van der Waals surface area contributed by atoms with Gasteiger partial charge in [0.1, 0.15) is 11.6 Å². The summed E-state index contributed by atoms with van der Waals surface area (Å²) < 4.78 is 45.9. The number of rotatable bonds is 10. The zero-order valence-corrected chi connectivity index (χ0v) is 20.9. The molecule has 1 fully saturated rings. The van der Waals surface area contributed by atoms with Gasteiger partial charge in [-0.25, -0.2) is 12.8 Å². The number of amides is 1. The number of carbonyl (C=O) groups is 1. The summed E-state index contributed by atoms with van der Waals surface area (Å²) in [4.78, 5) is 15.4. The molecule has 2 aromatic carbocycles. The molecule has 186 valence electrons. The average molecular weight is 492 g/mol. The van der Waals surface area contributed by atoms with Crippen LogP contribution in [0.15, 0.2) is 53.4 Å². The van der Waals surface area contributed by atoms with Crippen molar-refractivity contribution < 1.29 is 22.3 Å². The molecule has 7 nitrogen and oxygen atoms in total. The van der Waals surface area contributed by atoms with Crippen molar-refractivity contribution in [1.29, 1.82) is 0 Å². The van der Waals surface area contributed by atoms with E-state index in [-0.39, 0.29) is 23.4 Å². The van der Waals surface area contributed by atoms with Gasteiger partial charge >= 0.3 is 0 Å². The third kappa shape index (κ3) is 6.14. The quantitative estimate of drug-likeness (QED) is 0.551. The van der Waals surface area contributed by atoms with Crippen LogP contribution in [0.1, 0.15) is 38.3 Å². The van der Waals surface area contributed by atoms with Gasteiger partial charge in [-0.3, -0.25) is 9.69 Å². The number of carbonyl (C=O) groups excluding carboxylic acids is 1. The zero-order valence-electron chi connectivity index (χ0n) is 20.0. The Morgan fingerprint density at radius 2 is 1.91 bits per heavy atom. The number of nitrogens with one attached hydrogen (secondary N) is 1. The second-order valence-electron chi connectivity index (χ2n) is 8.41. The summed E-state index contributed by atoms with van der Waals surface area (Å²) in [7, 11) is -2.16. The van der Waals surface area contributed by atoms with Crippen molar-refractivity contribution in [2.45, 2.75) is 37.6 Å². The lowest BCUT2D eigenvalue weighted by molar-refractivity contribution is -0.126. The van der Waals surface area contributed by atoms with Crippen LogP contribution in [0.4, 0.5) is 4.39 Å². The molecule has 3 rings (SSSR count). The fourth-order valence-electron chi connectivity index (χ4n) is 4.44. The topological polar surface area (TPSA) is 79.0 Å². The minimum absolute atomic E-state index is 0.0308. The molecule has 0 aromatic heterocycles. The minimum Gasteiger partial charge on any atom is -0.497 e. The molecule has 1 amide bonds. The van der Waals surface area contributed by atoms with Gasteiger partial charge in [-0.1, -0.05) is 26.0 Å². The number of benzene rings is 2. The normalized spacial score (nSPS) is 18.0. The van der Waals surface area contributed by atoms with E-state index < -0.39 is 21.8 Å². The molecule has 2 unspecified atom stereocenters. The van der Waals surface area contributed by atoms with Crippen LogP contribution in [-0.2, 0) is 14.8 Å². The molecule has 0 radical (unpaired) electrons. The minimum atomic E-state index is -3.78. The van der Waals surface area contributed by atoms with Crippen LogP contribution < -0.4 is 10.1 Å². The Balaban J connectivity index is 1.70. The Hall–Kier alpha value is -2.49. The van der Waals surface area contributed by atoms with Gasteiger partial charge in [0.2, 0.25) is 15.9 Å². The Morgan fingerprint density at radius 1 is 1.21 bits per heavy atom. The summed E-state index contributed by atoms with van der Waals surface area (Å²) in [6.45, 7) is 6.67. The fraction of sp³-hybridized carbons (Fsp3) is 0.480. The maximum atomic E-state index is 13.2. The van der Waals surface area contributed by atoms with Crippen LogP contribution in [0.5, 0.6) is 5.75 Å². The monoisotopic (exact) mass is 491 g/mol. The van der Waals surface area contributed by atoms with Gasteiger partial charge in [0, 0.05) is 19.6 Å². The highest BCUT2D eigenvalue weighted by molar-refractivity contribution is 7.89. The first-order valence-electron chi connectivity index (χ1n) is 11.7. The molecule has 0 spiro atoms. The van der Waals surface area contributed by atoms with Crippen LogP contribution >= 0.6 is 0 Å². The van der Waals surface area contributed by atoms with Crippen LogP contribution in [0.25, 0.3) is 0 Å². The predicted molar refractivity (Wildman–Crippen MR) is 130 cm³/mol. The molecule has 0 saturated carbocycles. The smallest absolute Gasteiger partial charge is 0.243 e. The van der Waals surface area contributed by atoms with Crippen LogP contribution in [0.3, 0.4) is 0 Å². The van der Waals surface area contributed by atoms with E-state index in [9.17, 15) is 17.6 Å². The van der Waals surface area contributed by atoms with Gasteiger partial charge in [-0.2, -0.15) is 4.31 Å². The maximum absolute atomic E-state index is 13.2. The highest BCUT2D eigenvalue weighted by atomic mass is 32.2. The fourth-order valence-corrected chi connectivity index (χ4v) is 5.97. The second kappa shape index (κ2) is 11.8. The van der Waals surface area contributed by atoms with E-state index in [1.54, 1.807) is 7.11 Å². The summed E-state index contributed by atoms with van der Waals surface area (Å²) in [5.41, 5.74) is 1.05. The van der Waals surface area contributed by atoms with Gasteiger partial charge in [-0.15, -0.1) is 0 Å². The summed E-state index contributed by atoms with van der Waals surface area (Å²) in [6.07, 6.45) is 1.21. The molecule has 1 N–H and O–H groups in total. The van der Waals surface area contributed by atoms with E-state index in [1.165, 1.54) is 16.4 Å². The number of halogens is 1. The summed E-state index contributed by atoms with van der Waals surface area (Å²) in [5.74, 6) is -0.325. The van der Waals surface area contributed by atoms with Gasteiger partial charge < -0.3 is 10.1 Å². The maximum Gasteiger partial charge on any atom is 0.243 e. The van der Waals surface area contributed by atoms with Crippen molar-refractivity contribution in [2.24, 2.45) is 5.92 Å². The molecule has 2 atom stereocenters. The molecular formula is C25H34FN3O4S. The number of likely N-dealkylation sites (N-methyl/N-ethyl adjacent to an activating group) is 1. The van der Waals surface area contributed by atoms with Gasteiger partial charge in [0.15, 0.2) is 0 Å². The van der Waals surface area contributed by atoms with Crippen molar-refractivity contribution in [2.75, 3.05) is 39.8 Å². The SMILES string of the molecule is CCN(CC)C(CNC(=O)C1CCCN(S(=O)(=O)c2ccc(F)cc2)C1)c1cccc(OC)c1. The molecule has 1 aliphatic rings. The van der Waals surface area contributed by atoms with Crippen molar-refractivity contribution >= 4 is 15.9 Å². The van der Waals surface area contributed by atoms with Gasteiger partial charge in [0.05, 0.1) is 24.0 Å². The van der Waals surface area contributed by atoms with E-state index in [4.69, 9.17) is 4.74 Å². The first-order chi connectivity index (χ1) is 16.3. The zero-order chi connectivity index (χ0) is 24.7. The van der Waals surface area contributed by atoms with E-state index in [0.29, 0.717) is 25.9 Å². The molecular weight excluding hydrogens is 457 g/mol. The Morgan fingerprint density at radius 3 is 2.56 bits per heavy atom. The molecule has 9 heteroatoms. The van der Waals surface area contributed by atoms with E-state index >= 15 is 0 Å². The largest absolute Gasteiger partial charge is 0.497 e. The first kappa shape index (κ1) is 26.1. The second-order valence-corrected chi connectivity index (χ2v) is 10.4. The van der Waals surface area contributed by atoms with Gasteiger partial charge in [-0.05, 0) is 67.9 Å². The van der Waals surface area contributed by atoms with Crippen LogP contribution in [-0.4, -0.2) is 63.4 Å². The lowest BCUT2D eigenvalue weighted by Crippen LogP contribution is -2.47. The number of methoxy groups -OCH3 is 1. The average Bonchev–Trinajstić information content (AvgIpc) is 2.86. The highest BCUT2D eigenvalue weighted by Gasteiger charge is 2.33. The molecule has 1 heterocycles. The van der Waals surface area contributed by atoms with Crippen molar-refractivity contribution in [3.05, 3.63) is 59.9 Å². The third-order valence-electron chi connectivity index (χ3n) is 6.41. The summed E-state index contributed by atoms with van der Waals surface area (Å²) >= 11 is 0. The first-order valence-corrected chi connectivity index (χ1v) is 13.2. The number of sulfonamides is 1. The predicted octanol–water partition coefficient (Wildman–Crippen LogP) is 3.43. The Labute approximate surface area is 201 Å². The standard InChI is InChI=1S/C25H34FN3O4S/c1-4-28(5-2)24(19-8-6-10-22(16-19)33-3)17-27-25(30)20-9-7-15-29(18-20)34(31,32)23-13-11-21(26)12-14-23/h6,8,10-14,16,20,24H,4-5,7,9,15,17-18H2,1-3H3,(H,27,30). The molecule has 1 saturated heterocycles. The number of ether oxygens (including phenoxy) is 1. The molecule has 2 aromatic rings.